The fourth-order valence-electron chi connectivity index (χ4n) is 3.99. The van der Waals surface area contributed by atoms with Crippen LogP contribution in [0.1, 0.15) is 35.8 Å². The van der Waals surface area contributed by atoms with Crippen LogP contribution in [0.2, 0.25) is 0 Å². The average Bonchev–Trinajstić information content (AvgIpc) is 3.49. The molecule has 2 aromatic heterocycles. The van der Waals surface area contributed by atoms with Crippen LogP contribution in [0.25, 0.3) is 0 Å². The molecule has 3 aromatic rings. The Morgan fingerprint density at radius 1 is 1.09 bits per heavy atom. The highest BCUT2D eigenvalue weighted by atomic mass is 16.5. The van der Waals surface area contributed by atoms with Gasteiger partial charge in [-0.15, -0.1) is 0 Å². The maximum Gasteiger partial charge on any atom is 0.210 e. The number of anilines is 1. The van der Waals surface area contributed by atoms with Gasteiger partial charge >= 0.3 is 0 Å². The lowest BCUT2D eigenvalue weighted by atomic mass is 10.1. The Bertz CT molecular complexity index is 1060. The number of benzene rings is 1. The van der Waals surface area contributed by atoms with Gasteiger partial charge in [-0.3, -0.25) is 4.90 Å². The Hall–Kier alpha value is -3.12. The fraction of sp³-hybridized carbons (Fsp3) is 0.417. The van der Waals surface area contributed by atoms with Gasteiger partial charge in [-0.1, -0.05) is 18.0 Å². The second-order valence-electron chi connectivity index (χ2n) is 7.77. The number of β-amino-alcohol motifs (C(OH)–C–C–N with tert-alkyl or cyclic N) is 1. The van der Waals surface area contributed by atoms with E-state index in [1.54, 1.807) is 12.3 Å². The number of rotatable bonds is 7. The zero-order valence-corrected chi connectivity index (χ0v) is 18.3. The predicted molar refractivity (Wildman–Crippen MR) is 121 cm³/mol. The lowest BCUT2D eigenvalue weighted by Crippen LogP contribution is -2.47. The molecular formula is C24H29N5O3. The number of hydrogen-bond acceptors (Lipinski definition) is 7. The molecule has 1 aliphatic heterocycles. The van der Waals surface area contributed by atoms with Gasteiger partial charge in [0.25, 0.3) is 0 Å². The largest absolute Gasteiger partial charge is 0.395 e. The van der Waals surface area contributed by atoms with Gasteiger partial charge in [-0.05, 0) is 30.2 Å². The first kappa shape index (κ1) is 22.1. The van der Waals surface area contributed by atoms with E-state index in [-0.39, 0.29) is 19.3 Å². The lowest BCUT2D eigenvalue weighted by Gasteiger charge is -2.35. The summed E-state index contributed by atoms with van der Waals surface area (Å²) in [5, 5.41) is 23.1. The molecule has 4 rings (SSSR count). The van der Waals surface area contributed by atoms with Crippen molar-refractivity contribution < 1.29 is 14.7 Å². The van der Waals surface area contributed by atoms with Crippen LogP contribution in [0.4, 0.5) is 5.69 Å². The molecule has 2 N–H and O–H groups in total. The van der Waals surface area contributed by atoms with Crippen molar-refractivity contribution in [3.63, 3.8) is 0 Å². The number of aliphatic hydroxyl groups excluding tert-OH is 2. The molecule has 3 heterocycles. The summed E-state index contributed by atoms with van der Waals surface area (Å²) in [6.45, 7) is 6.71. The summed E-state index contributed by atoms with van der Waals surface area (Å²) in [6.07, 6.45) is 4.33. The highest BCUT2D eigenvalue weighted by molar-refractivity contribution is 5.51. The molecule has 168 valence electrons. The van der Waals surface area contributed by atoms with E-state index in [4.69, 9.17) is 9.63 Å². The minimum absolute atomic E-state index is 0.0987. The first-order valence-corrected chi connectivity index (χ1v) is 11.0. The van der Waals surface area contributed by atoms with Crippen LogP contribution in [-0.2, 0) is 6.42 Å². The topological polar surface area (TPSA) is 90.8 Å². The molecule has 1 aliphatic rings. The van der Waals surface area contributed by atoms with Crippen molar-refractivity contribution in [3.8, 4) is 11.8 Å². The molecule has 0 saturated carbocycles. The molecule has 1 unspecified atom stereocenters. The zero-order chi connectivity index (χ0) is 22.3. The Labute approximate surface area is 188 Å². The number of aliphatic hydroxyl groups is 2. The van der Waals surface area contributed by atoms with Gasteiger partial charge in [0.2, 0.25) is 5.76 Å². The van der Waals surface area contributed by atoms with Crippen molar-refractivity contribution in [2.24, 2.45) is 0 Å². The van der Waals surface area contributed by atoms with Crippen LogP contribution >= 0.6 is 0 Å². The maximum atomic E-state index is 9.88. The van der Waals surface area contributed by atoms with Crippen molar-refractivity contribution in [1.29, 1.82) is 0 Å². The number of aryl methyl sites for hydroxylation is 1. The summed E-state index contributed by atoms with van der Waals surface area (Å²) in [5.74, 6) is 7.49. The second kappa shape index (κ2) is 10.5. The van der Waals surface area contributed by atoms with Gasteiger partial charge in [0.1, 0.15) is 17.6 Å². The second-order valence-corrected chi connectivity index (χ2v) is 7.77. The quantitative estimate of drug-likeness (QED) is 0.544. The maximum absolute atomic E-state index is 9.88. The molecule has 1 aromatic carbocycles. The van der Waals surface area contributed by atoms with Crippen molar-refractivity contribution >= 4 is 5.69 Å². The van der Waals surface area contributed by atoms with E-state index >= 15 is 0 Å². The predicted octanol–water partition coefficient (Wildman–Crippen LogP) is 1.53. The van der Waals surface area contributed by atoms with E-state index < -0.39 is 0 Å². The monoisotopic (exact) mass is 435 g/mol. The average molecular weight is 436 g/mol. The SMILES string of the molecule is CCc1nccn1C(CO)c1cc(C#Cc2ccc(N3CCN(CCO)CC3)cc2)on1. The molecule has 1 saturated heterocycles. The summed E-state index contributed by atoms with van der Waals surface area (Å²) in [5.41, 5.74) is 2.70. The van der Waals surface area contributed by atoms with E-state index in [1.165, 1.54) is 5.69 Å². The number of hydrogen-bond donors (Lipinski definition) is 2. The third-order valence-electron chi connectivity index (χ3n) is 5.79. The molecule has 32 heavy (non-hydrogen) atoms. The molecule has 8 heteroatoms. The van der Waals surface area contributed by atoms with Gasteiger partial charge in [-0.2, -0.15) is 0 Å². The summed E-state index contributed by atoms with van der Waals surface area (Å²) in [6, 6.07) is 9.62. The number of piperazine rings is 1. The van der Waals surface area contributed by atoms with Crippen molar-refractivity contribution in [3.05, 3.63) is 65.6 Å². The summed E-state index contributed by atoms with van der Waals surface area (Å²) < 4.78 is 7.30. The molecule has 0 spiro atoms. The molecule has 8 nitrogen and oxygen atoms in total. The highest BCUT2D eigenvalue weighted by Gasteiger charge is 2.19. The van der Waals surface area contributed by atoms with E-state index in [1.807, 2.05) is 29.8 Å². The van der Waals surface area contributed by atoms with E-state index in [2.05, 4.69) is 43.9 Å². The van der Waals surface area contributed by atoms with Crippen LogP contribution in [0.15, 0.2) is 47.2 Å². The van der Waals surface area contributed by atoms with Crippen LogP contribution < -0.4 is 4.90 Å². The van der Waals surface area contributed by atoms with Crippen molar-refractivity contribution in [1.82, 2.24) is 19.6 Å². The number of imidazole rings is 1. The van der Waals surface area contributed by atoms with Crippen LogP contribution in [0, 0.1) is 11.8 Å². The zero-order valence-electron chi connectivity index (χ0n) is 18.3. The smallest absolute Gasteiger partial charge is 0.210 e. The van der Waals surface area contributed by atoms with Gasteiger partial charge in [0, 0.05) is 68.9 Å². The van der Waals surface area contributed by atoms with E-state index in [0.29, 0.717) is 11.5 Å². The first-order valence-electron chi connectivity index (χ1n) is 11.0. The minimum Gasteiger partial charge on any atom is -0.395 e. The van der Waals surface area contributed by atoms with E-state index in [9.17, 15) is 5.11 Å². The Morgan fingerprint density at radius 2 is 1.88 bits per heavy atom. The highest BCUT2D eigenvalue weighted by Crippen LogP contribution is 2.20. The third-order valence-corrected chi connectivity index (χ3v) is 5.79. The molecule has 0 bridgehead atoms. The number of nitrogens with zero attached hydrogens (tertiary/aromatic N) is 5. The van der Waals surface area contributed by atoms with Gasteiger partial charge in [0.05, 0.1) is 13.2 Å². The summed E-state index contributed by atoms with van der Waals surface area (Å²) in [4.78, 5) is 8.94. The molecular weight excluding hydrogens is 406 g/mol. The van der Waals surface area contributed by atoms with Gasteiger partial charge in [0.15, 0.2) is 0 Å². The standard InChI is InChI=1S/C24H29N5O3/c1-2-24-25-9-10-29(24)23(18-31)22-17-21(32-26-22)8-5-19-3-6-20(7-4-19)28-13-11-27(12-14-28)15-16-30/h3-4,6-7,9-10,17,23,30-31H,2,11-16,18H2,1H3. The van der Waals surface area contributed by atoms with Gasteiger partial charge < -0.3 is 24.2 Å². The molecule has 1 atom stereocenters. The van der Waals surface area contributed by atoms with Gasteiger partial charge in [-0.25, -0.2) is 4.98 Å². The molecule has 1 fully saturated rings. The first-order chi connectivity index (χ1) is 15.7. The Kier molecular flexibility index (Phi) is 7.22. The van der Waals surface area contributed by atoms with Crippen LogP contribution in [-0.4, -0.2) is 75.8 Å². The number of aromatic nitrogens is 3. The summed E-state index contributed by atoms with van der Waals surface area (Å²) in [7, 11) is 0. The molecule has 0 radical (unpaired) electrons. The Morgan fingerprint density at radius 3 is 2.56 bits per heavy atom. The minimum atomic E-state index is -0.344. The fourth-order valence-corrected chi connectivity index (χ4v) is 3.99. The Balaban J connectivity index is 1.40. The lowest BCUT2D eigenvalue weighted by molar-refractivity contribution is 0.189. The summed E-state index contributed by atoms with van der Waals surface area (Å²) >= 11 is 0. The van der Waals surface area contributed by atoms with Crippen LogP contribution in [0.3, 0.4) is 0 Å². The third kappa shape index (κ3) is 5.02. The van der Waals surface area contributed by atoms with Crippen molar-refractivity contribution in [2.75, 3.05) is 50.8 Å². The van der Waals surface area contributed by atoms with Crippen LogP contribution in [0.5, 0.6) is 0 Å². The molecule has 0 amide bonds. The molecule has 0 aliphatic carbocycles. The normalized spacial score (nSPS) is 15.4. The van der Waals surface area contributed by atoms with E-state index in [0.717, 1.165) is 50.5 Å². The van der Waals surface area contributed by atoms with Crippen molar-refractivity contribution in [2.45, 2.75) is 19.4 Å².